The number of nitrogens with one attached hydrogen (secondary N) is 1. The van der Waals surface area contributed by atoms with Crippen LogP contribution in [0, 0.1) is 12.3 Å². The highest BCUT2D eigenvalue weighted by atomic mass is 16.4. The molecule has 0 fully saturated rings. The number of carboxylic acid groups (broad SMARTS) is 1. The second kappa shape index (κ2) is 7.27. The van der Waals surface area contributed by atoms with Gasteiger partial charge >= 0.3 is 11.6 Å². The molecule has 1 aromatic carbocycles. The number of rotatable bonds is 6. The first-order valence-corrected chi connectivity index (χ1v) is 8.30. The van der Waals surface area contributed by atoms with E-state index in [1.54, 1.807) is 13.0 Å². The summed E-state index contributed by atoms with van der Waals surface area (Å²) in [5.74, 6) is -0.977. The number of aryl methyl sites for hydroxylation is 1. The van der Waals surface area contributed by atoms with Crippen molar-refractivity contribution in [1.82, 2.24) is 5.32 Å². The van der Waals surface area contributed by atoms with Crippen LogP contribution in [0.25, 0.3) is 11.0 Å². The second-order valence-electron chi connectivity index (χ2n) is 7.56. The Morgan fingerprint density at radius 2 is 2.00 bits per heavy atom. The predicted molar refractivity (Wildman–Crippen MR) is 95.8 cm³/mol. The number of benzene rings is 1. The van der Waals surface area contributed by atoms with Gasteiger partial charge < -0.3 is 19.9 Å². The molecule has 25 heavy (non-hydrogen) atoms. The molecular formula is C19H25NO5. The minimum absolute atomic E-state index is 0.0286. The van der Waals surface area contributed by atoms with E-state index in [9.17, 15) is 19.8 Å². The summed E-state index contributed by atoms with van der Waals surface area (Å²) in [5, 5.41) is 23.2. The zero-order chi connectivity index (χ0) is 18.8. The zero-order valence-electron chi connectivity index (χ0n) is 15.0. The molecule has 1 heterocycles. The minimum atomic E-state index is -0.943. The van der Waals surface area contributed by atoms with Gasteiger partial charge in [0.2, 0.25) is 0 Å². The molecule has 2 aromatic rings. The van der Waals surface area contributed by atoms with Crippen molar-refractivity contribution in [1.29, 1.82) is 0 Å². The molecule has 0 saturated carbocycles. The fourth-order valence-corrected chi connectivity index (χ4v) is 2.72. The number of fused-ring (bicyclic) bond motifs is 1. The number of hydrogen-bond donors (Lipinski definition) is 3. The SMILES string of the molecule is Cc1cc(=O)oc2c(CNC(CCC(C)(C)C)C(=O)O)c(O)ccc12. The van der Waals surface area contributed by atoms with Gasteiger partial charge in [-0.05, 0) is 42.9 Å². The summed E-state index contributed by atoms with van der Waals surface area (Å²) < 4.78 is 5.26. The number of carboxylic acids is 1. The monoisotopic (exact) mass is 347 g/mol. The Balaban J connectivity index is 2.28. The van der Waals surface area contributed by atoms with Crippen LogP contribution in [-0.2, 0) is 11.3 Å². The molecule has 0 radical (unpaired) electrons. The lowest BCUT2D eigenvalue weighted by atomic mass is 9.88. The van der Waals surface area contributed by atoms with E-state index in [-0.39, 0.29) is 23.3 Å². The van der Waals surface area contributed by atoms with E-state index in [1.165, 1.54) is 12.1 Å². The summed E-state index contributed by atoms with van der Waals surface area (Å²) in [4.78, 5) is 23.2. The van der Waals surface area contributed by atoms with Crippen LogP contribution in [0.15, 0.2) is 27.4 Å². The first-order chi connectivity index (χ1) is 11.6. The van der Waals surface area contributed by atoms with Gasteiger partial charge in [0.15, 0.2) is 0 Å². The quantitative estimate of drug-likeness (QED) is 0.694. The number of phenols is 1. The van der Waals surface area contributed by atoms with Crippen LogP contribution in [0.1, 0.15) is 44.7 Å². The van der Waals surface area contributed by atoms with E-state index in [1.807, 2.05) is 0 Å². The van der Waals surface area contributed by atoms with Crippen molar-refractivity contribution in [3.8, 4) is 5.75 Å². The molecule has 1 aromatic heterocycles. The van der Waals surface area contributed by atoms with Gasteiger partial charge in [-0.3, -0.25) is 4.79 Å². The van der Waals surface area contributed by atoms with Crippen LogP contribution >= 0.6 is 0 Å². The third kappa shape index (κ3) is 4.82. The van der Waals surface area contributed by atoms with Gasteiger partial charge in [-0.2, -0.15) is 0 Å². The first kappa shape index (κ1) is 19.0. The van der Waals surface area contributed by atoms with E-state index in [0.29, 0.717) is 12.0 Å². The Kier molecular flexibility index (Phi) is 5.52. The normalized spacial score (nSPS) is 13.1. The maximum Gasteiger partial charge on any atom is 0.336 e. The standard InChI is InChI=1S/C19H25NO5/c1-11-9-16(22)25-17-12(11)5-6-15(21)13(17)10-20-14(18(23)24)7-8-19(2,3)4/h5-6,9,14,20-21H,7-8,10H2,1-4H3,(H,23,24). The third-order valence-corrected chi connectivity index (χ3v) is 4.20. The van der Waals surface area contributed by atoms with Gasteiger partial charge in [0.25, 0.3) is 0 Å². The average Bonchev–Trinajstić information content (AvgIpc) is 2.47. The van der Waals surface area contributed by atoms with Gasteiger partial charge in [0, 0.05) is 18.0 Å². The summed E-state index contributed by atoms with van der Waals surface area (Å²) in [7, 11) is 0. The number of hydrogen-bond acceptors (Lipinski definition) is 5. The number of carbonyl (C=O) groups is 1. The number of aromatic hydroxyl groups is 1. The third-order valence-electron chi connectivity index (χ3n) is 4.20. The van der Waals surface area contributed by atoms with Crippen LogP contribution in [0.3, 0.4) is 0 Å². The molecule has 2 rings (SSSR count). The largest absolute Gasteiger partial charge is 0.507 e. The molecule has 0 aliphatic heterocycles. The average molecular weight is 347 g/mol. The summed E-state index contributed by atoms with van der Waals surface area (Å²) in [6.45, 7) is 8.05. The van der Waals surface area contributed by atoms with Crippen molar-refractivity contribution in [2.45, 2.75) is 53.1 Å². The smallest absolute Gasteiger partial charge is 0.336 e. The first-order valence-electron chi connectivity index (χ1n) is 8.30. The Bertz CT molecular complexity index is 832. The summed E-state index contributed by atoms with van der Waals surface area (Å²) in [6, 6.07) is 3.85. The van der Waals surface area contributed by atoms with Crippen LogP contribution in [0.2, 0.25) is 0 Å². The molecule has 1 unspecified atom stereocenters. The maximum atomic E-state index is 11.7. The summed E-state index contributed by atoms with van der Waals surface area (Å²) in [6.07, 6.45) is 1.21. The van der Waals surface area contributed by atoms with Crippen molar-refractivity contribution in [2.24, 2.45) is 5.41 Å². The van der Waals surface area contributed by atoms with Gasteiger partial charge in [-0.25, -0.2) is 4.79 Å². The molecule has 3 N–H and O–H groups in total. The Hall–Kier alpha value is -2.34. The highest BCUT2D eigenvalue weighted by Gasteiger charge is 2.22. The predicted octanol–water partition coefficient (Wildman–Crippen LogP) is 3.18. The van der Waals surface area contributed by atoms with Crippen LogP contribution in [-0.4, -0.2) is 22.2 Å². The molecule has 0 aliphatic rings. The Morgan fingerprint density at radius 3 is 2.60 bits per heavy atom. The van der Waals surface area contributed by atoms with Gasteiger partial charge in [-0.1, -0.05) is 20.8 Å². The maximum absolute atomic E-state index is 11.7. The highest BCUT2D eigenvalue weighted by molar-refractivity contribution is 5.85. The molecule has 1 atom stereocenters. The summed E-state index contributed by atoms with van der Waals surface area (Å²) >= 11 is 0. The number of aliphatic carboxylic acids is 1. The highest BCUT2D eigenvalue weighted by Crippen LogP contribution is 2.28. The van der Waals surface area contributed by atoms with Crippen molar-refractivity contribution in [3.05, 3.63) is 39.7 Å². The number of phenolic OH excluding ortho intramolecular Hbond substituents is 1. The molecule has 136 valence electrons. The van der Waals surface area contributed by atoms with E-state index in [0.717, 1.165) is 17.4 Å². The minimum Gasteiger partial charge on any atom is -0.507 e. The fraction of sp³-hybridized carbons (Fsp3) is 0.474. The molecule has 6 heteroatoms. The Morgan fingerprint density at radius 1 is 1.32 bits per heavy atom. The van der Waals surface area contributed by atoms with E-state index < -0.39 is 17.6 Å². The molecule has 6 nitrogen and oxygen atoms in total. The molecule has 0 saturated heterocycles. The lowest BCUT2D eigenvalue weighted by molar-refractivity contribution is -0.139. The van der Waals surface area contributed by atoms with Crippen LogP contribution in [0.4, 0.5) is 0 Å². The van der Waals surface area contributed by atoms with Crippen molar-refractivity contribution in [2.75, 3.05) is 0 Å². The topological polar surface area (TPSA) is 99.8 Å². The molecule has 0 amide bonds. The van der Waals surface area contributed by atoms with Gasteiger partial charge in [0.1, 0.15) is 17.4 Å². The van der Waals surface area contributed by atoms with Crippen molar-refractivity contribution < 1.29 is 19.4 Å². The summed E-state index contributed by atoms with van der Waals surface area (Å²) in [5.41, 5.74) is 0.952. The fourth-order valence-electron chi connectivity index (χ4n) is 2.72. The lowest BCUT2D eigenvalue weighted by Crippen LogP contribution is -2.37. The van der Waals surface area contributed by atoms with E-state index in [2.05, 4.69) is 26.1 Å². The molecule has 0 spiro atoms. The molecule has 0 aliphatic carbocycles. The van der Waals surface area contributed by atoms with E-state index >= 15 is 0 Å². The van der Waals surface area contributed by atoms with Crippen LogP contribution < -0.4 is 10.9 Å². The lowest BCUT2D eigenvalue weighted by Gasteiger charge is -2.22. The molecular weight excluding hydrogens is 322 g/mol. The van der Waals surface area contributed by atoms with Gasteiger partial charge in [-0.15, -0.1) is 0 Å². The second-order valence-corrected chi connectivity index (χ2v) is 7.56. The van der Waals surface area contributed by atoms with Crippen molar-refractivity contribution in [3.63, 3.8) is 0 Å². The van der Waals surface area contributed by atoms with Crippen LogP contribution in [0.5, 0.6) is 5.75 Å². The van der Waals surface area contributed by atoms with Crippen molar-refractivity contribution >= 4 is 16.9 Å². The van der Waals surface area contributed by atoms with E-state index in [4.69, 9.17) is 4.42 Å². The zero-order valence-corrected chi connectivity index (χ0v) is 15.0. The molecule has 0 bridgehead atoms. The van der Waals surface area contributed by atoms with Gasteiger partial charge in [0.05, 0.1) is 5.56 Å². The Labute approximate surface area is 146 Å².